The Morgan fingerprint density at radius 3 is 3.07 bits per heavy atom. The van der Waals surface area contributed by atoms with Crippen LogP contribution in [0.5, 0.6) is 0 Å². The fourth-order valence-corrected chi connectivity index (χ4v) is 1.96. The molecule has 0 N–H and O–H groups in total. The summed E-state index contributed by atoms with van der Waals surface area (Å²) in [4.78, 5) is 11.0. The predicted octanol–water partition coefficient (Wildman–Crippen LogP) is 1.01. The molecular formula is C10H14O4. The summed E-state index contributed by atoms with van der Waals surface area (Å²) in [5.74, 6) is -0.300. The number of carbonyl (C=O) groups is 1. The summed E-state index contributed by atoms with van der Waals surface area (Å²) >= 11 is 0. The number of fused-ring (bicyclic) bond motifs is 2. The van der Waals surface area contributed by atoms with Gasteiger partial charge in [0.2, 0.25) is 0 Å². The van der Waals surface area contributed by atoms with Gasteiger partial charge in [-0.3, -0.25) is 4.79 Å². The Morgan fingerprint density at radius 1 is 1.71 bits per heavy atom. The molecule has 4 heteroatoms. The monoisotopic (exact) mass is 198 g/mol. The van der Waals surface area contributed by atoms with E-state index in [1.807, 2.05) is 19.9 Å². The van der Waals surface area contributed by atoms with Gasteiger partial charge in [0.25, 0.3) is 0 Å². The Hall–Kier alpha value is -0.870. The molecule has 78 valence electrons. The van der Waals surface area contributed by atoms with Crippen LogP contribution in [0.15, 0.2) is 11.6 Å². The molecule has 1 saturated heterocycles. The number of rotatable bonds is 1. The van der Waals surface area contributed by atoms with Crippen LogP contribution in [0.25, 0.3) is 0 Å². The number of hydrogen-bond donors (Lipinski definition) is 0. The van der Waals surface area contributed by atoms with Gasteiger partial charge < -0.3 is 14.2 Å². The molecular weight excluding hydrogens is 184 g/mol. The Balaban J connectivity index is 2.26. The molecule has 0 aromatic carbocycles. The number of hydrogen-bond acceptors (Lipinski definition) is 4. The van der Waals surface area contributed by atoms with Gasteiger partial charge >= 0.3 is 5.97 Å². The van der Waals surface area contributed by atoms with Crippen molar-refractivity contribution < 1.29 is 19.0 Å². The van der Waals surface area contributed by atoms with E-state index in [0.29, 0.717) is 6.61 Å². The maximum Gasteiger partial charge on any atom is 0.303 e. The van der Waals surface area contributed by atoms with Crippen LogP contribution in [0.1, 0.15) is 20.8 Å². The first-order valence-electron chi connectivity index (χ1n) is 4.67. The quantitative estimate of drug-likeness (QED) is 0.466. The minimum absolute atomic E-state index is 0.180. The number of carbonyl (C=O) groups excluding carboxylic acids is 1. The Bertz CT molecular complexity index is 296. The van der Waals surface area contributed by atoms with E-state index in [2.05, 4.69) is 0 Å². The Morgan fingerprint density at radius 2 is 2.43 bits per heavy atom. The van der Waals surface area contributed by atoms with Crippen molar-refractivity contribution in [2.75, 3.05) is 6.61 Å². The molecule has 0 aromatic heterocycles. The number of esters is 1. The van der Waals surface area contributed by atoms with Crippen molar-refractivity contribution in [1.82, 2.24) is 0 Å². The van der Waals surface area contributed by atoms with Gasteiger partial charge in [0.15, 0.2) is 11.9 Å². The molecule has 14 heavy (non-hydrogen) atoms. The van der Waals surface area contributed by atoms with Crippen LogP contribution in [0, 0.1) is 0 Å². The predicted molar refractivity (Wildman–Crippen MR) is 48.5 cm³/mol. The largest absolute Gasteiger partial charge is 0.452 e. The molecule has 3 atom stereocenters. The summed E-state index contributed by atoms with van der Waals surface area (Å²) in [6.07, 6.45) is 1.49. The molecule has 0 radical (unpaired) electrons. The molecule has 0 amide bonds. The lowest BCUT2D eigenvalue weighted by Crippen LogP contribution is -2.45. The van der Waals surface area contributed by atoms with Gasteiger partial charge in [-0.25, -0.2) is 0 Å². The SMILES string of the molecule is CC(=O)O[C@]1(C)C=C(C)[C@H]2OC[C@H]1O2. The van der Waals surface area contributed by atoms with Crippen molar-refractivity contribution in [1.29, 1.82) is 0 Å². The van der Waals surface area contributed by atoms with Crippen LogP contribution in [0.4, 0.5) is 0 Å². The molecule has 0 aliphatic carbocycles. The normalized spacial score (nSPS) is 40.6. The fraction of sp³-hybridized carbons (Fsp3) is 0.700. The Kier molecular flexibility index (Phi) is 2.12. The minimum atomic E-state index is -0.678. The molecule has 2 bridgehead atoms. The molecule has 0 aromatic rings. The lowest BCUT2D eigenvalue weighted by atomic mass is 9.95. The summed E-state index contributed by atoms with van der Waals surface area (Å²) < 4.78 is 16.2. The molecule has 4 nitrogen and oxygen atoms in total. The van der Waals surface area contributed by atoms with E-state index in [9.17, 15) is 4.79 Å². The molecule has 1 fully saturated rings. The summed E-state index contributed by atoms with van der Waals surface area (Å²) in [5.41, 5.74) is 0.283. The standard InChI is InChI=1S/C10H14O4/c1-6-4-10(3,14-7(2)11)8-5-12-9(6)13-8/h4,8-9H,5H2,1-3H3/t8-,9+,10-/m1/s1. The maximum atomic E-state index is 11.0. The van der Waals surface area contributed by atoms with E-state index >= 15 is 0 Å². The van der Waals surface area contributed by atoms with Crippen molar-refractivity contribution >= 4 is 5.97 Å². The van der Waals surface area contributed by atoms with Crippen LogP contribution in [-0.4, -0.2) is 30.6 Å². The van der Waals surface area contributed by atoms with Crippen molar-refractivity contribution in [3.05, 3.63) is 11.6 Å². The zero-order valence-corrected chi connectivity index (χ0v) is 8.57. The first kappa shape index (κ1) is 9.68. The lowest BCUT2D eigenvalue weighted by molar-refractivity contribution is -0.165. The third-order valence-corrected chi connectivity index (χ3v) is 2.58. The summed E-state index contributed by atoms with van der Waals surface area (Å²) in [6.45, 7) is 5.63. The highest BCUT2D eigenvalue weighted by Crippen LogP contribution is 2.35. The van der Waals surface area contributed by atoms with Gasteiger partial charge in [-0.15, -0.1) is 0 Å². The van der Waals surface area contributed by atoms with Gasteiger partial charge in [-0.2, -0.15) is 0 Å². The summed E-state index contributed by atoms with van der Waals surface area (Å²) in [6, 6.07) is 0. The molecule has 2 heterocycles. The van der Waals surface area contributed by atoms with Gasteiger partial charge in [0, 0.05) is 6.92 Å². The minimum Gasteiger partial charge on any atom is -0.452 e. The third kappa shape index (κ3) is 1.44. The molecule has 2 aliphatic rings. The van der Waals surface area contributed by atoms with Gasteiger partial charge in [-0.05, 0) is 25.5 Å². The average Bonchev–Trinajstić information content (AvgIpc) is 2.45. The number of ether oxygens (including phenoxy) is 3. The highest BCUT2D eigenvalue weighted by Gasteiger charge is 2.47. The lowest BCUT2D eigenvalue weighted by Gasteiger charge is -2.34. The van der Waals surface area contributed by atoms with Crippen molar-refractivity contribution in [3.63, 3.8) is 0 Å². The van der Waals surface area contributed by atoms with E-state index in [1.54, 1.807) is 0 Å². The second-order valence-electron chi connectivity index (χ2n) is 3.96. The molecule has 0 unspecified atom stereocenters. The first-order chi connectivity index (χ1) is 6.51. The molecule has 0 spiro atoms. The summed E-state index contributed by atoms with van der Waals surface area (Å²) in [7, 11) is 0. The molecule has 0 saturated carbocycles. The fourth-order valence-electron chi connectivity index (χ4n) is 1.96. The maximum absolute atomic E-state index is 11.0. The zero-order chi connectivity index (χ0) is 10.3. The van der Waals surface area contributed by atoms with Gasteiger partial charge in [0.05, 0.1) is 6.61 Å². The Labute approximate surface area is 82.8 Å². The van der Waals surface area contributed by atoms with Gasteiger partial charge in [-0.1, -0.05) is 0 Å². The average molecular weight is 198 g/mol. The summed E-state index contributed by atoms with van der Waals surface area (Å²) in [5, 5.41) is 0. The van der Waals surface area contributed by atoms with E-state index in [0.717, 1.165) is 5.57 Å². The van der Waals surface area contributed by atoms with E-state index in [-0.39, 0.29) is 18.4 Å². The third-order valence-electron chi connectivity index (χ3n) is 2.58. The van der Waals surface area contributed by atoms with Crippen molar-refractivity contribution in [3.8, 4) is 0 Å². The van der Waals surface area contributed by atoms with E-state index in [4.69, 9.17) is 14.2 Å². The highest BCUT2D eigenvalue weighted by atomic mass is 16.7. The van der Waals surface area contributed by atoms with Crippen LogP contribution in [0.2, 0.25) is 0 Å². The van der Waals surface area contributed by atoms with E-state index in [1.165, 1.54) is 6.92 Å². The van der Waals surface area contributed by atoms with Crippen molar-refractivity contribution in [2.45, 2.75) is 38.8 Å². The molecule has 2 rings (SSSR count). The van der Waals surface area contributed by atoms with E-state index < -0.39 is 5.60 Å². The van der Waals surface area contributed by atoms with Gasteiger partial charge in [0.1, 0.15) is 6.10 Å². The van der Waals surface area contributed by atoms with Crippen LogP contribution in [-0.2, 0) is 19.0 Å². The second-order valence-corrected chi connectivity index (χ2v) is 3.96. The smallest absolute Gasteiger partial charge is 0.303 e. The van der Waals surface area contributed by atoms with Crippen LogP contribution in [0.3, 0.4) is 0 Å². The second kappa shape index (κ2) is 3.07. The van der Waals surface area contributed by atoms with Crippen LogP contribution >= 0.6 is 0 Å². The highest BCUT2D eigenvalue weighted by molar-refractivity contribution is 5.67. The van der Waals surface area contributed by atoms with Crippen molar-refractivity contribution in [2.24, 2.45) is 0 Å². The zero-order valence-electron chi connectivity index (χ0n) is 8.57. The van der Waals surface area contributed by atoms with Crippen LogP contribution < -0.4 is 0 Å². The first-order valence-corrected chi connectivity index (χ1v) is 4.67. The topological polar surface area (TPSA) is 44.8 Å². The molecule has 2 aliphatic heterocycles.